The first-order chi connectivity index (χ1) is 16.1. The van der Waals surface area contributed by atoms with Crippen molar-refractivity contribution in [3.05, 3.63) is 35.4 Å². The van der Waals surface area contributed by atoms with Crippen LogP contribution in [0.4, 0.5) is 0 Å². The lowest BCUT2D eigenvalue weighted by Gasteiger charge is -2.28. The highest BCUT2D eigenvalue weighted by molar-refractivity contribution is 5.85. The van der Waals surface area contributed by atoms with Gasteiger partial charge in [-0.05, 0) is 43.2 Å². The third kappa shape index (κ3) is 7.84. The van der Waals surface area contributed by atoms with Gasteiger partial charge in [0.05, 0.1) is 6.54 Å². The standard InChI is InChI=1S/C12H20N2O2.C11H12N4.C2H2/c15-11-6-2-1-3-9-14(11)10-12(16)13-7-4-5-8-13;12-8-14-11(13)15-6-5-9-3-1-2-4-10(9)7-15;1-2/h1-10H2;1-4H,5-7H2,(H2,13,14);1-2H. The maximum absolute atomic E-state index is 11.9. The van der Waals surface area contributed by atoms with Crippen LogP contribution in [0.1, 0.15) is 49.7 Å². The zero-order valence-corrected chi connectivity index (χ0v) is 19.3. The summed E-state index contributed by atoms with van der Waals surface area (Å²) < 4.78 is 0. The Kier molecular flexibility index (Phi) is 10.8. The summed E-state index contributed by atoms with van der Waals surface area (Å²) in [5.74, 6) is 0.602. The van der Waals surface area contributed by atoms with Crippen LogP contribution in [0.25, 0.3) is 0 Å². The molecule has 0 bridgehead atoms. The van der Waals surface area contributed by atoms with Gasteiger partial charge >= 0.3 is 0 Å². The van der Waals surface area contributed by atoms with E-state index in [0.717, 1.165) is 71.2 Å². The predicted molar refractivity (Wildman–Crippen MR) is 129 cm³/mol. The van der Waals surface area contributed by atoms with Crippen molar-refractivity contribution in [1.29, 1.82) is 5.26 Å². The molecular formula is C25H34N6O2. The summed E-state index contributed by atoms with van der Waals surface area (Å²) in [7, 11) is 0. The number of fused-ring (bicyclic) bond motifs is 1. The third-order valence-electron chi connectivity index (χ3n) is 6.08. The number of aliphatic imine (C=N–C) groups is 1. The normalized spacial score (nSPS) is 18.0. The van der Waals surface area contributed by atoms with Crippen LogP contribution < -0.4 is 5.73 Å². The van der Waals surface area contributed by atoms with Crippen molar-refractivity contribution in [2.75, 3.05) is 32.7 Å². The van der Waals surface area contributed by atoms with Crippen LogP contribution in [0.2, 0.25) is 0 Å². The van der Waals surface area contributed by atoms with Gasteiger partial charge in [0, 0.05) is 39.1 Å². The summed E-state index contributed by atoms with van der Waals surface area (Å²) in [5, 5.41) is 8.42. The van der Waals surface area contributed by atoms with E-state index >= 15 is 0 Å². The molecule has 0 unspecified atom stereocenters. The summed E-state index contributed by atoms with van der Waals surface area (Å²) in [6.07, 6.45) is 16.6. The van der Waals surface area contributed by atoms with E-state index in [1.807, 2.05) is 21.9 Å². The van der Waals surface area contributed by atoms with E-state index < -0.39 is 0 Å². The lowest BCUT2D eigenvalue weighted by Crippen LogP contribution is -2.41. The quantitative estimate of drug-likeness (QED) is 0.321. The first kappa shape index (κ1) is 25.7. The Morgan fingerprint density at radius 3 is 2.33 bits per heavy atom. The Labute approximate surface area is 197 Å². The maximum Gasteiger partial charge on any atom is 0.242 e. The molecule has 4 rings (SSSR count). The number of terminal acetylenes is 1. The van der Waals surface area contributed by atoms with Gasteiger partial charge in [-0.1, -0.05) is 30.7 Å². The van der Waals surface area contributed by atoms with Crippen molar-refractivity contribution in [2.45, 2.75) is 51.5 Å². The monoisotopic (exact) mass is 450 g/mol. The van der Waals surface area contributed by atoms with Gasteiger partial charge in [0.2, 0.25) is 24.0 Å². The van der Waals surface area contributed by atoms with Crippen LogP contribution in [0.3, 0.4) is 0 Å². The molecule has 3 aliphatic heterocycles. The van der Waals surface area contributed by atoms with Crippen LogP contribution >= 0.6 is 0 Å². The zero-order chi connectivity index (χ0) is 24.1. The van der Waals surface area contributed by atoms with Gasteiger partial charge in [0.25, 0.3) is 0 Å². The molecule has 0 spiro atoms. The first-order valence-electron chi connectivity index (χ1n) is 11.5. The van der Waals surface area contributed by atoms with Crippen LogP contribution in [0, 0.1) is 24.3 Å². The highest BCUT2D eigenvalue weighted by atomic mass is 16.2. The van der Waals surface area contributed by atoms with Crippen molar-refractivity contribution in [1.82, 2.24) is 14.7 Å². The molecule has 2 N–H and O–H groups in total. The largest absolute Gasteiger partial charge is 0.369 e. The van der Waals surface area contributed by atoms with Crippen molar-refractivity contribution in [3.63, 3.8) is 0 Å². The van der Waals surface area contributed by atoms with Gasteiger partial charge in [0.1, 0.15) is 0 Å². The second-order valence-electron chi connectivity index (χ2n) is 8.22. The average Bonchev–Trinajstić information content (AvgIpc) is 3.32. The Bertz CT molecular complexity index is 882. The highest BCUT2D eigenvalue weighted by Gasteiger charge is 2.23. The van der Waals surface area contributed by atoms with Crippen LogP contribution in [-0.4, -0.2) is 65.2 Å². The highest BCUT2D eigenvalue weighted by Crippen LogP contribution is 2.18. The van der Waals surface area contributed by atoms with Gasteiger partial charge in [-0.15, -0.1) is 17.8 Å². The number of likely N-dealkylation sites (tertiary alicyclic amines) is 2. The summed E-state index contributed by atoms with van der Waals surface area (Å²) in [6.45, 7) is 4.39. The average molecular weight is 451 g/mol. The van der Waals surface area contributed by atoms with Crippen LogP contribution in [0.15, 0.2) is 29.3 Å². The fourth-order valence-corrected chi connectivity index (χ4v) is 4.25. The fraction of sp³-hybridized carbons (Fsp3) is 0.520. The number of carbonyl (C=O) groups excluding carboxylic acids is 2. The molecular weight excluding hydrogens is 416 g/mol. The van der Waals surface area contributed by atoms with E-state index in [1.54, 1.807) is 11.1 Å². The molecule has 2 amide bonds. The zero-order valence-electron chi connectivity index (χ0n) is 19.3. The van der Waals surface area contributed by atoms with E-state index in [9.17, 15) is 9.59 Å². The summed E-state index contributed by atoms with van der Waals surface area (Å²) >= 11 is 0. The summed E-state index contributed by atoms with van der Waals surface area (Å²) in [4.78, 5) is 32.7. The molecule has 8 nitrogen and oxygen atoms in total. The maximum atomic E-state index is 11.9. The molecule has 33 heavy (non-hydrogen) atoms. The van der Waals surface area contributed by atoms with E-state index in [2.05, 4.69) is 30.0 Å². The number of nitrogens with two attached hydrogens (primary N) is 1. The number of hydrogen-bond donors (Lipinski definition) is 1. The Morgan fingerprint density at radius 1 is 0.970 bits per heavy atom. The molecule has 176 valence electrons. The van der Waals surface area contributed by atoms with E-state index in [1.165, 1.54) is 11.1 Å². The fourth-order valence-electron chi connectivity index (χ4n) is 4.25. The Balaban J connectivity index is 0.000000218. The molecule has 0 saturated carbocycles. The topological polar surface area (TPSA) is 106 Å². The summed E-state index contributed by atoms with van der Waals surface area (Å²) in [6, 6.07) is 8.27. The van der Waals surface area contributed by atoms with E-state index in [-0.39, 0.29) is 11.8 Å². The predicted octanol–water partition coefficient (Wildman–Crippen LogP) is 2.10. The lowest BCUT2D eigenvalue weighted by molar-refractivity contribution is -0.139. The van der Waals surface area contributed by atoms with Gasteiger partial charge in [-0.2, -0.15) is 5.26 Å². The van der Waals surface area contributed by atoms with Gasteiger partial charge in [-0.25, -0.2) is 0 Å². The second kappa shape index (κ2) is 13.8. The lowest BCUT2D eigenvalue weighted by atomic mass is 10.0. The Hall–Kier alpha value is -3.52. The third-order valence-corrected chi connectivity index (χ3v) is 6.08. The Morgan fingerprint density at radius 2 is 1.64 bits per heavy atom. The number of carbonyl (C=O) groups is 2. The molecule has 0 aliphatic carbocycles. The number of amides is 2. The molecule has 1 aromatic rings. The number of rotatable bonds is 2. The van der Waals surface area contributed by atoms with Crippen molar-refractivity contribution < 1.29 is 9.59 Å². The van der Waals surface area contributed by atoms with Crippen molar-refractivity contribution in [3.8, 4) is 19.0 Å². The molecule has 3 heterocycles. The minimum atomic E-state index is 0.132. The van der Waals surface area contributed by atoms with Gasteiger partial charge < -0.3 is 20.4 Å². The number of guanidine groups is 1. The number of benzene rings is 1. The first-order valence-corrected chi connectivity index (χ1v) is 11.5. The SMILES string of the molecule is C#C.N#CN=C(N)N1CCc2ccccc2C1.O=C(CN1CCCCCC1=O)N1CCCC1. The second-order valence-corrected chi connectivity index (χ2v) is 8.22. The van der Waals surface area contributed by atoms with Gasteiger partial charge in [0.15, 0.2) is 0 Å². The molecule has 0 aromatic heterocycles. The molecule has 0 radical (unpaired) electrons. The molecule has 8 heteroatoms. The summed E-state index contributed by atoms with van der Waals surface area (Å²) in [5.41, 5.74) is 8.29. The van der Waals surface area contributed by atoms with Crippen LogP contribution in [-0.2, 0) is 22.6 Å². The molecule has 2 fully saturated rings. The number of hydrogen-bond acceptors (Lipinski definition) is 4. The van der Waals surface area contributed by atoms with E-state index in [4.69, 9.17) is 11.0 Å². The van der Waals surface area contributed by atoms with Crippen LogP contribution in [0.5, 0.6) is 0 Å². The van der Waals surface area contributed by atoms with Crippen molar-refractivity contribution in [2.24, 2.45) is 10.7 Å². The smallest absolute Gasteiger partial charge is 0.242 e. The number of nitrogens with zero attached hydrogens (tertiary/aromatic N) is 5. The molecule has 1 aromatic carbocycles. The molecule has 2 saturated heterocycles. The minimum Gasteiger partial charge on any atom is -0.369 e. The molecule has 0 atom stereocenters. The minimum absolute atomic E-state index is 0.132. The van der Waals surface area contributed by atoms with E-state index in [0.29, 0.717) is 18.9 Å². The molecule has 3 aliphatic rings. The number of nitriles is 1. The van der Waals surface area contributed by atoms with Crippen molar-refractivity contribution >= 4 is 17.8 Å². The van der Waals surface area contributed by atoms with Gasteiger partial charge in [-0.3, -0.25) is 9.59 Å².